The third kappa shape index (κ3) is 5.49. The summed E-state index contributed by atoms with van der Waals surface area (Å²) < 4.78 is 25.9. The summed E-state index contributed by atoms with van der Waals surface area (Å²) in [6.45, 7) is 4.50. The lowest BCUT2D eigenvalue weighted by atomic mass is 10.2. The molecule has 1 aliphatic heterocycles. The summed E-state index contributed by atoms with van der Waals surface area (Å²) in [5, 5.41) is 3.18. The normalized spacial score (nSPS) is 22.1. The Morgan fingerprint density at radius 1 is 1.40 bits per heavy atom. The second-order valence-corrected chi connectivity index (χ2v) is 6.09. The predicted molar refractivity (Wildman–Crippen MR) is 62.3 cm³/mol. The van der Waals surface area contributed by atoms with Gasteiger partial charge >= 0.3 is 0 Å². The van der Waals surface area contributed by atoms with E-state index in [2.05, 4.69) is 17.0 Å². The largest absolute Gasteiger partial charge is 0.316 e. The zero-order valence-electron chi connectivity index (χ0n) is 9.46. The van der Waals surface area contributed by atoms with Crippen LogP contribution in [0, 0.1) is 5.92 Å². The van der Waals surface area contributed by atoms with Crippen molar-refractivity contribution in [2.75, 3.05) is 25.4 Å². The van der Waals surface area contributed by atoms with Crippen molar-refractivity contribution in [3.63, 3.8) is 0 Å². The molecule has 0 aromatic heterocycles. The molecule has 0 aromatic rings. The monoisotopic (exact) mass is 234 g/mol. The highest BCUT2D eigenvalue weighted by Crippen LogP contribution is 2.09. The van der Waals surface area contributed by atoms with Crippen LogP contribution in [0.2, 0.25) is 0 Å². The van der Waals surface area contributed by atoms with Crippen LogP contribution in [0.1, 0.15) is 32.6 Å². The van der Waals surface area contributed by atoms with Crippen LogP contribution in [0.15, 0.2) is 0 Å². The first kappa shape index (κ1) is 12.9. The summed E-state index contributed by atoms with van der Waals surface area (Å²) >= 11 is 0. The summed E-state index contributed by atoms with van der Waals surface area (Å²) in [5.41, 5.74) is 0. The van der Waals surface area contributed by atoms with Crippen molar-refractivity contribution < 1.29 is 8.42 Å². The Morgan fingerprint density at radius 2 is 2.20 bits per heavy atom. The number of rotatable bonds is 7. The van der Waals surface area contributed by atoms with E-state index in [0.29, 0.717) is 12.5 Å². The van der Waals surface area contributed by atoms with Gasteiger partial charge in [0.1, 0.15) is 0 Å². The average molecular weight is 234 g/mol. The third-order valence-corrected chi connectivity index (χ3v) is 4.27. The van der Waals surface area contributed by atoms with Crippen LogP contribution in [0.3, 0.4) is 0 Å². The number of sulfonamides is 1. The van der Waals surface area contributed by atoms with Gasteiger partial charge in [0.25, 0.3) is 0 Å². The maximum atomic E-state index is 11.6. The molecule has 0 radical (unpaired) electrons. The van der Waals surface area contributed by atoms with Crippen molar-refractivity contribution in [3.05, 3.63) is 0 Å². The fourth-order valence-corrected chi connectivity index (χ4v) is 3.31. The van der Waals surface area contributed by atoms with Gasteiger partial charge in [-0.3, -0.25) is 0 Å². The molecule has 1 aliphatic rings. The van der Waals surface area contributed by atoms with E-state index in [-0.39, 0.29) is 5.75 Å². The Balaban J connectivity index is 2.19. The molecule has 5 heteroatoms. The first-order chi connectivity index (χ1) is 7.14. The van der Waals surface area contributed by atoms with Gasteiger partial charge in [-0.15, -0.1) is 0 Å². The number of hydrogen-bond acceptors (Lipinski definition) is 3. The van der Waals surface area contributed by atoms with E-state index in [9.17, 15) is 8.42 Å². The highest BCUT2D eigenvalue weighted by molar-refractivity contribution is 7.89. The van der Waals surface area contributed by atoms with Crippen LogP contribution in [0.4, 0.5) is 0 Å². The standard InChI is InChI=1S/C10H22N2O2S/c1-2-3-4-6-12-15(13,14)9-10-5-7-11-8-10/h10-12H,2-9H2,1H3. The van der Waals surface area contributed by atoms with Crippen molar-refractivity contribution in [1.82, 2.24) is 10.0 Å². The lowest BCUT2D eigenvalue weighted by Crippen LogP contribution is -2.31. The van der Waals surface area contributed by atoms with Crippen molar-refractivity contribution in [3.8, 4) is 0 Å². The second-order valence-electron chi connectivity index (χ2n) is 4.24. The van der Waals surface area contributed by atoms with Gasteiger partial charge in [-0.25, -0.2) is 13.1 Å². The van der Waals surface area contributed by atoms with Crippen molar-refractivity contribution in [1.29, 1.82) is 0 Å². The van der Waals surface area contributed by atoms with E-state index in [1.54, 1.807) is 0 Å². The zero-order valence-corrected chi connectivity index (χ0v) is 10.3. The number of nitrogens with one attached hydrogen (secondary N) is 2. The molecule has 15 heavy (non-hydrogen) atoms. The molecule has 0 saturated carbocycles. The van der Waals surface area contributed by atoms with Gasteiger partial charge in [0.15, 0.2) is 0 Å². The smallest absolute Gasteiger partial charge is 0.211 e. The first-order valence-corrected chi connectivity index (χ1v) is 7.47. The molecule has 1 heterocycles. The van der Waals surface area contributed by atoms with E-state index >= 15 is 0 Å². The maximum Gasteiger partial charge on any atom is 0.211 e. The van der Waals surface area contributed by atoms with Gasteiger partial charge in [0.05, 0.1) is 5.75 Å². The molecule has 0 amide bonds. The average Bonchev–Trinajstić information content (AvgIpc) is 2.64. The Hall–Kier alpha value is -0.130. The topological polar surface area (TPSA) is 58.2 Å². The van der Waals surface area contributed by atoms with Crippen LogP contribution in [0.25, 0.3) is 0 Å². The molecule has 2 N–H and O–H groups in total. The van der Waals surface area contributed by atoms with Crippen LogP contribution in [-0.4, -0.2) is 33.8 Å². The van der Waals surface area contributed by atoms with E-state index < -0.39 is 10.0 Å². The van der Waals surface area contributed by atoms with E-state index in [0.717, 1.165) is 38.8 Å². The molecule has 1 rings (SSSR count). The van der Waals surface area contributed by atoms with Crippen molar-refractivity contribution in [2.24, 2.45) is 5.92 Å². The number of unbranched alkanes of at least 4 members (excludes halogenated alkanes) is 2. The maximum absolute atomic E-state index is 11.6. The molecule has 0 aliphatic carbocycles. The van der Waals surface area contributed by atoms with Gasteiger partial charge in [0, 0.05) is 6.54 Å². The van der Waals surface area contributed by atoms with E-state index in [1.165, 1.54) is 0 Å². The molecule has 4 nitrogen and oxygen atoms in total. The summed E-state index contributed by atoms with van der Waals surface area (Å²) in [4.78, 5) is 0. The summed E-state index contributed by atoms with van der Waals surface area (Å²) in [7, 11) is -3.04. The van der Waals surface area contributed by atoms with E-state index in [4.69, 9.17) is 0 Å². The van der Waals surface area contributed by atoms with Gasteiger partial charge in [0.2, 0.25) is 10.0 Å². The lowest BCUT2D eigenvalue weighted by Gasteiger charge is -2.10. The molecule has 0 aromatic carbocycles. The molecular weight excluding hydrogens is 212 g/mol. The SMILES string of the molecule is CCCCCNS(=O)(=O)CC1CCNC1. The van der Waals surface area contributed by atoms with Gasteiger partial charge in [-0.05, 0) is 31.8 Å². The van der Waals surface area contributed by atoms with Crippen LogP contribution < -0.4 is 10.0 Å². The molecule has 90 valence electrons. The highest BCUT2D eigenvalue weighted by atomic mass is 32.2. The fraction of sp³-hybridized carbons (Fsp3) is 1.00. The number of hydrogen-bond donors (Lipinski definition) is 2. The molecular formula is C10H22N2O2S. The molecule has 1 atom stereocenters. The highest BCUT2D eigenvalue weighted by Gasteiger charge is 2.21. The lowest BCUT2D eigenvalue weighted by molar-refractivity contribution is 0.553. The van der Waals surface area contributed by atoms with E-state index in [1.807, 2.05) is 0 Å². The molecule has 1 fully saturated rings. The quantitative estimate of drug-likeness (QED) is 0.638. The fourth-order valence-electron chi connectivity index (χ4n) is 1.83. The molecule has 1 saturated heterocycles. The van der Waals surface area contributed by atoms with Crippen LogP contribution in [0.5, 0.6) is 0 Å². The third-order valence-electron chi connectivity index (χ3n) is 2.72. The van der Waals surface area contributed by atoms with Gasteiger partial charge in [-0.1, -0.05) is 19.8 Å². The Bertz CT molecular complexity index is 259. The minimum absolute atomic E-state index is 0.284. The zero-order chi connectivity index (χ0) is 11.1. The first-order valence-electron chi connectivity index (χ1n) is 5.82. The van der Waals surface area contributed by atoms with Crippen molar-refractivity contribution >= 4 is 10.0 Å². The summed E-state index contributed by atoms with van der Waals surface area (Å²) in [5.74, 6) is 0.584. The second kappa shape index (κ2) is 6.45. The van der Waals surface area contributed by atoms with Crippen LogP contribution in [-0.2, 0) is 10.0 Å². The summed E-state index contributed by atoms with van der Waals surface area (Å²) in [6.07, 6.45) is 4.14. The van der Waals surface area contributed by atoms with Crippen LogP contribution >= 0.6 is 0 Å². The minimum atomic E-state index is -3.04. The predicted octanol–water partition coefficient (Wildman–Crippen LogP) is 0.706. The van der Waals surface area contributed by atoms with Gasteiger partial charge in [-0.2, -0.15) is 0 Å². The Kier molecular flexibility index (Phi) is 5.56. The molecule has 0 spiro atoms. The Labute approximate surface area is 92.9 Å². The summed E-state index contributed by atoms with van der Waals surface area (Å²) in [6, 6.07) is 0. The minimum Gasteiger partial charge on any atom is -0.316 e. The van der Waals surface area contributed by atoms with Crippen molar-refractivity contribution in [2.45, 2.75) is 32.6 Å². The van der Waals surface area contributed by atoms with Gasteiger partial charge < -0.3 is 5.32 Å². The Morgan fingerprint density at radius 3 is 2.80 bits per heavy atom. The molecule has 1 unspecified atom stereocenters. The molecule has 0 bridgehead atoms.